The zero-order chi connectivity index (χ0) is 21.0. The summed E-state index contributed by atoms with van der Waals surface area (Å²) in [7, 11) is 0. The van der Waals surface area contributed by atoms with Gasteiger partial charge in [-0.05, 0) is 27.7 Å². The van der Waals surface area contributed by atoms with Crippen molar-refractivity contribution in [2.75, 3.05) is 23.9 Å². The largest absolute Gasteiger partial charge is 0.444 e. The maximum absolute atomic E-state index is 12.5. The second kappa shape index (κ2) is 12.7. The first-order chi connectivity index (χ1) is 12.5. The average molecular weight is 423 g/mol. The molecule has 11 heteroatoms. The summed E-state index contributed by atoms with van der Waals surface area (Å²) >= 11 is 5.26. The Hall–Kier alpha value is -1.62. The Kier molecular flexibility index (Phi) is 11.9. The van der Waals surface area contributed by atoms with Crippen LogP contribution in [0.4, 0.5) is 4.79 Å². The topological polar surface area (TPSA) is 126 Å². The Bertz CT molecular complexity index is 525. The molecule has 0 aromatic carbocycles. The standard InChI is InChI=1S/C16H30N4O5S2/c1-10(13(22)17-6-7-26)19-14(23)12(8-27-9-18-11(2)21)20-15(24)25-16(3,4)5/h10,12,26H,6-9H2,1-5H3,(H,17,22)(H,18,21)(H,19,23)(H,20,24)/t10-,12-/m0/s1. The molecular formula is C16H30N4O5S2. The molecule has 0 aliphatic carbocycles. The fraction of sp³-hybridized carbons (Fsp3) is 0.750. The van der Waals surface area contributed by atoms with Gasteiger partial charge in [-0.1, -0.05) is 0 Å². The summed E-state index contributed by atoms with van der Waals surface area (Å²) in [5, 5.41) is 10.3. The summed E-state index contributed by atoms with van der Waals surface area (Å²) in [4.78, 5) is 47.3. The monoisotopic (exact) mass is 422 g/mol. The fourth-order valence-electron chi connectivity index (χ4n) is 1.67. The van der Waals surface area contributed by atoms with Gasteiger partial charge in [-0.3, -0.25) is 14.4 Å². The van der Waals surface area contributed by atoms with Crippen molar-refractivity contribution >= 4 is 48.2 Å². The Labute approximate surface area is 169 Å². The number of alkyl carbamates (subject to hydrolysis) is 1. The molecule has 4 N–H and O–H groups in total. The predicted octanol–water partition coefficient (Wildman–Crippen LogP) is 0.257. The van der Waals surface area contributed by atoms with E-state index < -0.39 is 29.7 Å². The van der Waals surface area contributed by atoms with E-state index in [0.717, 1.165) is 0 Å². The number of thioether (sulfide) groups is 1. The van der Waals surface area contributed by atoms with Crippen LogP contribution in [-0.4, -0.2) is 65.4 Å². The SMILES string of the molecule is CC(=O)NCSC[C@H](NC(=O)OC(C)(C)C)C(=O)N[C@@H](C)C(=O)NCCS. The van der Waals surface area contributed by atoms with Crippen molar-refractivity contribution in [2.24, 2.45) is 0 Å². The van der Waals surface area contributed by atoms with Crippen molar-refractivity contribution in [1.82, 2.24) is 21.3 Å². The third-order valence-corrected chi connectivity index (χ3v) is 4.02. The summed E-state index contributed by atoms with van der Waals surface area (Å²) in [5.41, 5.74) is -0.714. The molecule has 156 valence electrons. The third kappa shape index (κ3) is 13.2. The van der Waals surface area contributed by atoms with Gasteiger partial charge in [-0.15, -0.1) is 11.8 Å². The highest BCUT2D eigenvalue weighted by Crippen LogP contribution is 2.08. The van der Waals surface area contributed by atoms with Crippen molar-refractivity contribution < 1.29 is 23.9 Å². The minimum absolute atomic E-state index is 0.191. The molecule has 0 saturated carbocycles. The van der Waals surface area contributed by atoms with E-state index in [9.17, 15) is 19.2 Å². The van der Waals surface area contributed by atoms with Gasteiger partial charge in [0.2, 0.25) is 17.7 Å². The van der Waals surface area contributed by atoms with E-state index in [1.165, 1.54) is 18.7 Å². The molecule has 2 atom stereocenters. The molecule has 4 amide bonds. The van der Waals surface area contributed by atoms with Crippen LogP contribution in [0.5, 0.6) is 0 Å². The Morgan fingerprint density at radius 3 is 2.22 bits per heavy atom. The number of amides is 4. The lowest BCUT2D eigenvalue weighted by Crippen LogP contribution is -2.54. The Morgan fingerprint density at radius 1 is 1.07 bits per heavy atom. The molecule has 0 aromatic heterocycles. The molecule has 0 unspecified atom stereocenters. The lowest BCUT2D eigenvalue weighted by Gasteiger charge is -2.24. The predicted molar refractivity (Wildman–Crippen MR) is 109 cm³/mol. The number of nitrogens with one attached hydrogen (secondary N) is 4. The van der Waals surface area contributed by atoms with Crippen LogP contribution < -0.4 is 21.3 Å². The van der Waals surface area contributed by atoms with Gasteiger partial charge in [0.05, 0.1) is 5.88 Å². The highest BCUT2D eigenvalue weighted by Gasteiger charge is 2.26. The van der Waals surface area contributed by atoms with E-state index in [2.05, 4.69) is 33.9 Å². The first-order valence-corrected chi connectivity index (χ1v) is 10.3. The number of carbonyl (C=O) groups is 4. The second-order valence-corrected chi connectivity index (χ2v) is 8.17. The minimum Gasteiger partial charge on any atom is -0.444 e. The average Bonchev–Trinajstić information content (AvgIpc) is 2.53. The van der Waals surface area contributed by atoms with Crippen molar-refractivity contribution in [3.05, 3.63) is 0 Å². The second-order valence-electron chi connectivity index (χ2n) is 6.69. The number of ether oxygens (including phenoxy) is 1. The van der Waals surface area contributed by atoms with Gasteiger partial charge in [-0.25, -0.2) is 4.79 Å². The van der Waals surface area contributed by atoms with Crippen LogP contribution in [0.3, 0.4) is 0 Å². The van der Waals surface area contributed by atoms with Crippen LogP contribution in [0, 0.1) is 0 Å². The van der Waals surface area contributed by atoms with Crippen molar-refractivity contribution in [1.29, 1.82) is 0 Å². The van der Waals surface area contributed by atoms with E-state index in [0.29, 0.717) is 12.3 Å². The molecular weight excluding hydrogens is 392 g/mol. The van der Waals surface area contributed by atoms with Crippen LogP contribution >= 0.6 is 24.4 Å². The van der Waals surface area contributed by atoms with Crippen LogP contribution in [-0.2, 0) is 19.1 Å². The molecule has 0 aliphatic rings. The summed E-state index contributed by atoms with van der Waals surface area (Å²) < 4.78 is 5.17. The van der Waals surface area contributed by atoms with Gasteiger partial charge in [0.15, 0.2) is 0 Å². The summed E-state index contributed by atoms with van der Waals surface area (Å²) in [5.74, 6) is -0.111. The molecule has 0 aliphatic heterocycles. The number of hydrogen-bond donors (Lipinski definition) is 5. The number of hydrogen-bond acceptors (Lipinski definition) is 7. The molecule has 0 spiro atoms. The highest BCUT2D eigenvalue weighted by atomic mass is 32.2. The lowest BCUT2D eigenvalue weighted by atomic mass is 10.2. The molecule has 0 bridgehead atoms. The van der Waals surface area contributed by atoms with E-state index in [-0.39, 0.29) is 23.4 Å². The van der Waals surface area contributed by atoms with Crippen LogP contribution in [0.2, 0.25) is 0 Å². The van der Waals surface area contributed by atoms with Crippen LogP contribution in [0.25, 0.3) is 0 Å². The number of rotatable bonds is 10. The third-order valence-electron chi connectivity index (χ3n) is 2.88. The van der Waals surface area contributed by atoms with Gasteiger partial charge >= 0.3 is 6.09 Å². The van der Waals surface area contributed by atoms with Gasteiger partial charge in [0, 0.05) is 25.0 Å². The van der Waals surface area contributed by atoms with Gasteiger partial charge in [0.25, 0.3) is 0 Å². The molecule has 0 aromatic rings. The van der Waals surface area contributed by atoms with E-state index >= 15 is 0 Å². The lowest BCUT2D eigenvalue weighted by molar-refractivity contribution is -0.129. The fourth-order valence-corrected chi connectivity index (χ4v) is 2.68. The zero-order valence-electron chi connectivity index (χ0n) is 16.4. The van der Waals surface area contributed by atoms with Crippen molar-refractivity contribution in [2.45, 2.75) is 52.3 Å². The summed E-state index contributed by atoms with van der Waals surface area (Å²) in [6, 6.07) is -1.71. The first kappa shape index (κ1) is 25.4. The smallest absolute Gasteiger partial charge is 0.408 e. The maximum Gasteiger partial charge on any atom is 0.408 e. The normalized spacial score (nSPS) is 13.1. The molecule has 0 heterocycles. The molecule has 0 saturated heterocycles. The Balaban J connectivity index is 4.82. The first-order valence-electron chi connectivity index (χ1n) is 8.47. The maximum atomic E-state index is 12.5. The summed E-state index contributed by atoms with van der Waals surface area (Å²) in [6.07, 6.45) is -0.741. The van der Waals surface area contributed by atoms with Crippen LogP contribution in [0.1, 0.15) is 34.6 Å². The molecule has 27 heavy (non-hydrogen) atoms. The minimum atomic E-state index is -0.932. The van der Waals surface area contributed by atoms with Crippen LogP contribution in [0.15, 0.2) is 0 Å². The molecule has 9 nitrogen and oxygen atoms in total. The number of carbonyl (C=O) groups excluding carboxylic acids is 4. The molecule has 0 radical (unpaired) electrons. The molecule has 0 rings (SSSR count). The van der Waals surface area contributed by atoms with Crippen molar-refractivity contribution in [3.8, 4) is 0 Å². The van der Waals surface area contributed by atoms with E-state index in [1.807, 2.05) is 0 Å². The van der Waals surface area contributed by atoms with E-state index in [1.54, 1.807) is 27.7 Å². The summed E-state index contributed by atoms with van der Waals surface area (Å²) in [6.45, 7) is 8.44. The van der Waals surface area contributed by atoms with Gasteiger partial charge in [-0.2, -0.15) is 12.6 Å². The zero-order valence-corrected chi connectivity index (χ0v) is 18.1. The van der Waals surface area contributed by atoms with Gasteiger partial charge < -0.3 is 26.0 Å². The highest BCUT2D eigenvalue weighted by molar-refractivity contribution is 7.99. The van der Waals surface area contributed by atoms with Crippen molar-refractivity contribution in [3.63, 3.8) is 0 Å². The quantitative estimate of drug-likeness (QED) is 0.195. The molecule has 0 fully saturated rings. The number of thiol groups is 1. The van der Waals surface area contributed by atoms with Gasteiger partial charge in [0.1, 0.15) is 17.7 Å². The van der Waals surface area contributed by atoms with E-state index in [4.69, 9.17) is 4.74 Å². The Morgan fingerprint density at radius 2 is 1.70 bits per heavy atom.